The lowest BCUT2D eigenvalue weighted by molar-refractivity contribution is -0.873. The molecule has 0 saturated carbocycles. The summed E-state index contributed by atoms with van der Waals surface area (Å²) in [6.07, 6.45) is -5.16. The highest BCUT2D eigenvalue weighted by Gasteiger charge is 2.20. The van der Waals surface area contributed by atoms with Crippen LogP contribution in [0.4, 0.5) is 13.2 Å². The third-order valence-electron chi connectivity index (χ3n) is 1.68. The molecule has 1 unspecified atom stereocenters. The minimum atomic E-state index is -4.29. The summed E-state index contributed by atoms with van der Waals surface area (Å²) in [6.45, 7) is 0.235. The zero-order chi connectivity index (χ0) is 16.6. The van der Waals surface area contributed by atoms with E-state index >= 15 is 0 Å². The van der Waals surface area contributed by atoms with Gasteiger partial charge < -0.3 is 24.9 Å². The van der Waals surface area contributed by atoms with E-state index in [1.807, 2.05) is 21.1 Å². The standard InChI is InChI=1S/C9H17NO4.C2H3F3N/c1-7(11)14-8(5-9(12)13)6-10(2,3)4;3-2(4,5)1-6/h8H,5-6H2,1-4H3;6H,1H2/q;-1. The van der Waals surface area contributed by atoms with E-state index in [-0.39, 0.29) is 6.42 Å². The number of rotatable bonds is 5. The molecule has 0 aliphatic heterocycles. The van der Waals surface area contributed by atoms with Gasteiger partial charge in [0.15, 0.2) is 6.10 Å². The second-order valence-electron chi connectivity index (χ2n) is 5.07. The number of hydrogen-bond donors (Lipinski definition) is 0. The molecule has 0 fully saturated rings. The van der Waals surface area contributed by atoms with Gasteiger partial charge in [0.2, 0.25) is 0 Å². The Bertz CT molecular complexity index is 298. The number of ether oxygens (including phenoxy) is 1. The number of alkyl halides is 3. The van der Waals surface area contributed by atoms with Crippen LogP contribution in [0.1, 0.15) is 13.3 Å². The molecule has 0 heterocycles. The van der Waals surface area contributed by atoms with Crippen molar-refractivity contribution in [1.29, 1.82) is 0 Å². The van der Waals surface area contributed by atoms with Gasteiger partial charge in [0.1, 0.15) is 6.54 Å². The van der Waals surface area contributed by atoms with E-state index in [0.717, 1.165) is 0 Å². The highest BCUT2D eigenvalue weighted by molar-refractivity contribution is 5.68. The van der Waals surface area contributed by atoms with E-state index in [4.69, 9.17) is 10.5 Å². The molecule has 0 rings (SSSR count). The molecule has 1 N–H and O–H groups in total. The number of carbonyl (C=O) groups is 2. The van der Waals surface area contributed by atoms with Crippen molar-refractivity contribution in [2.24, 2.45) is 0 Å². The predicted molar refractivity (Wildman–Crippen MR) is 63.3 cm³/mol. The molecule has 0 amide bonds. The molecular formula is C11H20F3N2O4-. The summed E-state index contributed by atoms with van der Waals surface area (Å²) in [5.41, 5.74) is 5.73. The Balaban J connectivity index is 0. The Morgan fingerprint density at radius 2 is 1.70 bits per heavy atom. The van der Waals surface area contributed by atoms with Crippen LogP contribution in [0.3, 0.4) is 0 Å². The van der Waals surface area contributed by atoms with Crippen LogP contribution in [0.2, 0.25) is 0 Å². The maximum Gasteiger partial charge on any atom is 0.370 e. The molecule has 1 atom stereocenters. The van der Waals surface area contributed by atoms with Gasteiger partial charge in [-0.15, -0.1) is 0 Å². The number of halogens is 3. The largest absolute Gasteiger partial charge is 0.670 e. The van der Waals surface area contributed by atoms with Gasteiger partial charge in [-0.25, -0.2) is 0 Å². The van der Waals surface area contributed by atoms with Crippen molar-refractivity contribution in [3.8, 4) is 0 Å². The maximum atomic E-state index is 10.7. The Kier molecular flexibility index (Phi) is 9.17. The minimum Gasteiger partial charge on any atom is -0.670 e. The van der Waals surface area contributed by atoms with Crippen molar-refractivity contribution in [2.45, 2.75) is 25.6 Å². The number of likely N-dealkylation sites (N-methyl/N-ethyl adjacent to an activating group) is 1. The molecule has 0 aromatic heterocycles. The van der Waals surface area contributed by atoms with Gasteiger partial charge in [-0.2, -0.15) is 13.2 Å². The Morgan fingerprint density at radius 1 is 1.30 bits per heavy atom. The number of quaternary nitrogens is 1. The fourth-order valence-electron chi connectivity index (χ4n) is 1.17. The molecule has 0 bridgehead atoms. The van der Waals surface area contributed by atoms with Crippen LogP contribution < -0.4 is 5.11 Å². The summed E-state index contributed by atoms with van der Waals surface area (Å²) in [5.74, 6) is -1.67. The molecule has 0 radical (unpaired) electrons. The monoisotopic (exact) mass is 301 g/mol. The van der Waals surface area contributed by atoms with E-state index < -0.39 is 30.8 Å². The highest BCUT2D eigenvalue weighted by Crippen LogP contribution is 2.12. The van der Waals surface area contributed by atoms with Crippen molar-refractivity contribution in [1.82, 2.24) is 0 Å². The Labute approximate surface area is 115 Å². The van der Waals surface area contributed by atoms with Crippen molar-refractivity contribution < 1.29 is 37.1 Å². The lowest BCUT2D eigenvalue weighted by atomic mass is 10.2. The summed E-state index contributed by atoms with van der Waals surface area (Å²) >= 11 is 0. The SMILES string of the molecule is CC(=O)OC(CC(=O)[O-])C[N+](C)(C)C.[NH-]CC(F)(F)F. The number of aliphatic carboxylic acids is 1. The molecule has 0 aromatic carbocycles. The second kappa shape index (κ2) is 8.75. The van der Waals surface area contributed by atoms with Gasteiger partial charge in [0.25, 0.3) is 0 Å². The number of nitrogens with one attached hydrogen (secondary N) is 1. The molecule has 0 aliphatic rings. The van der Waals surface area contributed by atoms with Crippen LogP contribution in [0.5, 0.6) is 0 Å². The Morgan fingerprint density at radius 3 is 1.90 bits per heavy atom. The third-order valence-corrected chi connectivity index (χ3v) is 1.68. The van der Waals surface area contributed by atoms with Gasteiger partial charge in [0, 0.05) is 19.3 Å². The lowest BCUT2D eigenvalue weighted by Crippen LogP contribution is -2.45. The summed E-state index contributed by atoms with van der Waals surface area (Å²) in [4.78, 5) is 21.0. The normalized spacial score (nSPS) is 13.0. The van der Waals surface area contributed by atoms with Crippen LogP contribution in [-0.4, -0.2) is 62.9 Å². The number of esters is 1. The van der Waals surface area contributed by atoms with Crippen LogP contribution in [-0.2, 0) is 14.3 Å². The van der Waals surface area contributed by atoms with Crippen LogP contribution >= 0.6 is 0 Å². The lowest BCUT2D eigenvalue weighted by Gasteiger charge is -2.28. The second-order valence-corrected chi connectivity index (χ2v) is 5.07. The highest BCUT2D eigenvalue weighted by atomic mass is 19.4. The Hall–Kier alpha value is -1.35. The summed E-state index contributed by atoms with van der Waals surface area (Å²) in [5, 5.41) is 10.4. The maximum absolute atomic E-state index is 10.7. The molecular weight excluding hydrogens is 281 g/mol. The first-order valence-corrected chi connectivity index (χ1v) is 5.65. The summed E-state index contributed by atoms with van der Waals surface area (Å²) in [7, 11) is 5.68. The van der Waals surface area contributed by atoms with E-state index in [2.05, 4.69) is 0 Å². The number of carbonyl (C=O) groups excluding carboxylic acids is 2. The van der Waals surface area contributed by atoms with Crippen LogP contribution in [0, 0.1) is 0 Å². The van der Waals surface area contributed by atoms with Crippen molar-refractivity contribution in [3.63, 3.8) is 0 Å². The minimum absolute atomic E-state index is 0.255. The fourth-order valence-corrected chi connectivity index (χ4v) is 1.17. The first-order valence-electron chi connectivity index (χ1n) is 5.65. The van der Waals surface area contributed by atoms with Crippen molar-refractivity contribution in [2.75, 3.05) is 34.2 Å². The van der Waals surface area contributed by atoms with E-state index in [0.29, 0.717) is 11.0 Å². The number of nitrogens with zero attached hydrogens (tertiary/aromatic N) is 1. The smallest absolute Gasteiger partial charge is 0.370 e. The fraction of sp³-hybridized carbons (Fsp3) is 0.818. The third kappa shape index (κ3) is 19.0. The molecule has 0 saturated heterocycles. The summed E-state index contributed by atoms with van der Waals surface area (Å²) in [6, 6.07) is 0. The van der Waals surface area contributed by atoms with Gasteiger partial charge in [-0.3, -0.25) is 4.79 Å². The number of carboxylic acids is 1. The number of carboxylic acid groups (broad SMARTS) is 1. The molecule has 0 aromatic rings. The van der Waals surface area contributed by atoms with Gasteiger partial charge >= 0.3 is 12.1 Å². The van der Waals surface area contributed by atoms with Gasteiger partial charge in [-0.05, 0) is 0 Å². The zero-order valence-electron chi connectivity index (χ0n) is 11.9. The molecule has 0 spiro atoms. The molecule has 9 heteroatoms. The molecule has 0 aliphatic carbocycles. The molecule has 120 valence electrons. The summed E-state index contributed by atoms with van der Waals surface area (Å²) < 4.78 is 37.2. The van der Waals surface area contributed by atoms with Gasteiger partial charge in [0.05, 0.1) is 21.1 Å². The predicted octanol–water partition coefficient (Wildman–Crippen LogP) is 0.365. The van der Waals surface area contributed by atoms with Gasteiger partial charge in [-0.1, -0.05) is 6.54 Å². The average molecular weight is 301 g/mol. The topological polar surface area (TPSA) is 90.2 Å². The van der Waals surface area contributed by atoms with Crippen molar-refractivity contribution >= 4 is 11.9 Å². The van der Waals surface area contributed by atoms with E-state index in [1.165, 1.54) is 6.92 Å². The number of hydrogen-bond acceptors (Lipinski definition) is 4. The molecule has 6 nitrogen and oxygen atoms in total. The van der Waals surface area contributed by atoms with Crippen molar-refractivity contribution in [3.05, 3.63) is 5.73 Å². The quantitative estimate of drug-likeness (QED) is 0.542. The first-order chi connectivity index (χ1) is 8.76. The average Bonchev–Trinajstić information content (AvgIpc) is 2.12. The van der Waals surface area contributed by atoms with E-state index in [1.54, 1.807) is 0 Å². The molecule has 20 heavy (non-hydrogen) atoms. The van der Waals surface area contributed by atoms with E-state index in [9.17, 15) is 27.9 Å². The van der Waals surface area contributed by atoms with Crippen LogP contribution in [0.25, 0.3) is 5.73 Å². The first kappa shape index (κ1) is 21.0. The van der Waals surface area contributed by atoms with Crippen LogP contribution in [0.15, 0.2) is 0 Å². The zero-order valence-corrected chi connectivity index (χ0v) is 11.9.